The summed E-state index contributed by atoms with van der Waals surface area (Å²) in [6.07, 6.45) is 1.39. The molecule has 1 aliphatic heterocycles. The molecule has 96 valence electrons. The molecule has 7 nitrogen and oxygen atoms in total. The second kappa shape index (κ2) is 4.52. The highest BCUT2D eigenvalue weighted by atomic mass is 16.4. The zero-order valence-electron chi connectivity index (χ0n) is 9.96. The Balaban J connectivity index is 2.32. The summed E-state index contributed by atoms with van der Waals surface area (Å²) in [7, 11) is 1.73. The zero-order chi connectivity index (χ0) is 13.3. The Kier molecular flexibility index (Phi) is 3.05. The minimum absolute atomic E-state index is 0.00590. The van der Waals surface area contributed by atoms with Gasteiger partial charge in [0.25, 0.3) is 0 Å². The first-order valence-corrected chi connectivity index (χ1v) is 5.47. The van der Waals surface area contributed by atoms with Crippen LogP contribution in [0.4, 0.5) is 11.5 Å². The third-order valence-corrected chi connectivity index (χ3v) is 2.96. The van der Waals surface area contributed by atoms with Gasteiger partial charge in [-0.05, 0) is 6.07 Å². The van der Waals surface area contributed by atoms with E-state index in [0.717, 1.165) is 0 Å². The Hall–Kier alpha value is -2.31. The number of hydrogen-bond acceptors (Lipinski definition) is 5. The van der Waals surface area contributed by atoms with Crippen molar-refractivity contribution in [2.24, 2.45) is 0 Å². The molecule has 0 spiro atoms. The van der Waals surface area contributed by atoms with E-state index in [2.05, 4.69) is 4.98 Å². The molecular weight excluding hydrogens is 236 g/mol. The van der Waals surface area contributed by atoms with E-state index in [1.807, 2.05) is 0 Å². The molecule has 0 saturated carbocycles. The number of amides is 1. The smallest absolute Gasteiger partial charge is 0.337 e. The Labute approximate surface area is 104 Å². The molecule has 1 saturated heterocycles. The number of carboxylic acids is 1. The van der Waals surface area contributed by atoms with Gasteiger partial charge >= 0.3 is 5.97 Å². The summed E-state index contributed by atoms with van der Waals surface area (Å²) in [6, 6.07) is 1.35. The summed E-state index contributed by atoms with van der Waals surface area (Å²) in [6.45, 7) is 1.32. The molecule has 0 radical (unpaired) electrons. The molecule has 1 amide bonds. The van der Waals surface area contributed by atoms with Crippen molar-refractivity contribution in [3.63, 3.8) is 0 Å². The maximum absolute atomic E-state index is 11.6. The number of pyridine rings is 1. The van der Waals surface area contributed by atoms with Crippen molar-refractivity contribution in [1.82, 2.24) is 9.88 Å². The largest absolute Gasteiger partial charge is 0.478 e. The fourth-order valence-electron chi connectivity index (χ4n) is 1.84. The van der Waals surface area contributed by atoms with Gasteiger partial charge in [-0.3, -0.25) is 4.79 Å². The van der Waals surface area contributed by atoms with Crippen LogP contribution in [0.2, 0.25) is 0 Å². The maximum atomic E-state index is 11.6. The van der Waals surface area contributed by atoms with Crippen LogP contribution in [0.3, 0.4) is 0 Å². The number of carbonyl (C=O) groups excluding carboxylic acids is 1. The van der Waals surface area contributed by atoms with Gasteiger partial charge in [-0.25, -0.2) is 9.78 Å². The van der Waals surface area contributed by atoms with Crippen LogP contribution in [0.15, 0.2) is 12.3 Å². The molecule has 18 heavy (non-hydrogen) atoms. The van der Waals surface area contributed by atoms with Crippen LogP contribution in [0, 0.1) is 0 Å². The monoisotopic (exact) mass is 250 g/mol. The lowest BCUT2D eigenvalue weighted by Gasteiger charge is -2.33. The average Bonchev–Trinajstić information content (AvgIpc) is 2.33. The highest BCUT2D eigenvalue weighted by Crippen LogP contribution is 2.24. The third-order valence-electron chi connectivity index (χ3n) is 2.96. The Morgan fingerprint density at radius 2 is 2.22 bits per heavy atom. The quantitative estimate of drug-likeness (QED) is 0.743. The van der Waals surface area contributed by atoms with Crippen LogP contribution >= 0.6 is 0 Å². The Morgan fingerprint density at radius 3 is 2.83 bits per heavy atom. The summed E-state index contributed by atoms with van der Waals surface area (Å²) in [5.41, 5.74) is 5.89. The number of piperazine rings is 1. The molecular formula is C11H14N4O3. The number of nitrogens with two attached hydrogens (primary N) is 1. The number of aromatic carboxylic acids is 1. The van der Waals surface area contributed by atoms with E-state index in [1.54, 1.807) is 16.8 Å². The van der Waals surface area contributed by atoms with Gasteiger partial charge in [0, 0.05) is 26.3 Å². The standard InChI is InChI=1S/C11H14N4O3/c1-14-4-5-15(6-8(14)16)10-9(12)7(11(17)18)2-3-13-10/h2-3H,4-6,12H2,1H3,(H,17,18). The number of carbonyl (C=O) groups is 2. The van der Waals surface area contributed by atoms with Gasteiger partial charge in [0.15, 0.2) is 5.82 Å². The summed E-state index contributed by atoms with van der Waals surface area (Å²) in [5.74, 6) is -0.781. The number of nitrogens with zero attached hydrogens (tertiary/aromatic N) is 3. The highest BCUT2D eigenvalue weighted by Gasteiger charge is 2.24. The molecule has 1 aliphatic rings. The molecule has 0 unspecified atom stereocenters. The molecule has 1 fully saturated rings. The van der Waals surface area contributed by atoms with E-state index in [4.69, 9.17) is 10.8 Å². The molecule has 0 bridgehead atoms. The summed E-state index contributed by atoms with van der Waals surface area (Å²) in [4.78, 5) is 30.0. The van der Waals surface area contributed by atoms with E-state index in [0.29, 0.717) is 18.9 Å². The topological polar surface area (TPSA) is 99.8 Å². The fraction of sp³-hybridized carbons (Fsp3) is 0.364. The van der Waals surface area contributed by atoms with Crippen molar-refractivity contribution in [1.29, 1.82) is 0 Å². The van der Waals surface area contributed by atoms with Crippen molar-refractivity contribution in [2.75, 3.05) is 37.3 Å². The minimum Gasteiger partial charge on any atom is -0.478 e. The van der Waals surface area contributed by atoms with Crippen molar-refractivity contribution in [2.45, 2.75) is 0 Å². The summed E-state index contributed by atoms with van der Waals surface area (Å²) >= 11 is 0. The van der Waals surface area contributed by atoms with Crippen LogP contribution in [0.1, 0.15) is 10.4 Å². The normalized spacial score (nSPS) is 15.9. The van der Waals surface area contributed by atoms with Gasteiger partial charge in [-0.15, -0.1) is 0 Å². The van der Waals surface area contributed by atoms with Crippen LogP contribution in [-0.4, -0.2) is 53.5 Å². The van der Waals surface area contributed by atoms with E-state index < -0.39 is 5.97 Å². The van der Waals surface area contributed by atoms with Gasteiger partial charge in [0.05, 0.1) is 17.8 Å². The number of anilines is 2. The van der Waals surface area contributed by atoms with E-state index >= 15 is 0 Å². The first-order valence-electron chi connectivity index (χ1n) is 5.47. The van der Waals surface area contributed by atoms with Crippen molar-refractivity contribution in [3.8, 4) is 0 Å². The minimum atomic E-state index is -1.10. The average molecular weight is 250 g/mol. The second-order valence-electron chi connectivity index (χ2n) is 4.14. The summed E-state index contributed by atoms with van der Waals surface area (Å²) < 4.78 is 0. The molecule has 0 aliphatic carbocycles. The maximum Gasteiger partial charge on any atom is 0.337 e. The van der Waals surface area contributed by atoms with E-state index in [9.17, 15) is 9.59 Å². The number of nitrogen functional groups attached to an aromatic ring is 1. The molecule has 0 atom stereocenters. The first kappa shape index (κ1) is 12.2. The van der Waals surface area contributed by atoms with Gasteiger partial charge in [0.2, 0.25) is 5.91 Å². The molecule has 1 aromatic heterocycles. The third kappa shape index (κ3) is 2.06. The second-order valence-corrected chi connectivity index (χ2v) is 4.14. The van der Waals surface area contributed by atoms with Crippen LogP contribution in [0.5, 0.6) is 0 Å². The lowest BCUT2D eigenvalue weighted by molar-refractivity contribution is -0.129. The molecule has 7 heteroatoms. The molecule has 3 N–H and O–H groups in total. The highest BCUT2D eigenvalue weighted by molar-refractivity contribution is 5.97. The van der Waals surface area contributed by atoms with Crippen molar-refractivity contribution >= 4 is 23.4 Å². The lowest BCUT2D eigenvalue weighted by Crippen LogP contribution is -2.49. The predicted molar refractivity (Wildman–Crippen MR) is 65.5 cm³/mol. The SMILES string of the molecule is CN1CCN(c2nccc(C(=O)O)c2N)CC1=O. The van der Waals surface area contributed by atoms with Gasteiger partial charge in [-0.1, -0.05) is 0 Å². The van der Waals surface area contributed by atoms with Gasteiger partial charge < -0.3 is 20.6 Å². The molecule has 1 aromatic rings. The fourth-order valence-corrected chi connectivity index (χ4v) is 1.84. The first-order chi connectivity index (χ1) is 8.50. The summed E-state index contributed by atoms with van der Waals surface area (Å²) in [5, 5.41) is 8.98. The molecule has 0 aromatic carbocycles. The number of carboxylic acid groups (broad SMARTS) is 1. The van der Waals surface area contributed by atoms with Crippen LogP contribution in [0.25, 0.3) is 0 Å². The van der Waals surface area contributed by atoms with Crippen molar-refractivity contribution < 1.29 is 14.7 Å². The van der Waals surface area contributed by atoms with Crippen LogP contribution in [-0.2, 0) is 4.79 Å². The van der Waals surface area contributed by atoms with Gasteiger partial charge in [0.1, 0.15) is 0 Å². The molecule has 2 rings (SSSR count). The Morgan fingerprint density at radius 1 is 1.50 bits per heavy atom. The van der Waals surface area contributed by atoms with Crippen LogP contribution < -0.4 is 10.6 Å². The lowest BCUT2D eigenvalue weighted by atomic mass is 10.2. The van der Waals surface area contributed by atoms with E-state index in [-0.39, 0.29) is 23.7 Å². The number of hydrogen-bond donors (Lipinski definition) is 2. The van der Waals surface area contributed by atoms with E-state index in [1.165, 1.54) is 12.3 Å². The van der Waals surface area contributed by atoms with Gasteiger partial charge in [-0.2, -0.15) is 0 Å². The number of likely N-dealkylation sites (N-methyl/N-ethyl adjacent to an activating group) is 1. The number of aromatic nitrogens is 1. The number of rotatable bonds is 2. The zero-order valence-corrected chi connectivity index (χ0v) is 9.96. The van der Waals surface area contributed by atoms with Crippen molar-refractivity contribution in [3.05, 3.63) is 17.8 Å². The molecule has 2 heterocycles. The Bertz CT molecular complexity index is 503. The predicted octanol–water partition coefficient (Wildman–Crippen LogP) is -0.360.